The molecule has 0 spiro atoms. The Kier molecular flexibility index (Phi) is 3.18. The van der Waals surface area contributed by atoms with Crippen molar-refractivity contribution in [3.8, 4) is 0 Å². The number of allylic oxidation sites excluding steroid dienone is 1. The van der Waals surface area contributed by atoms with E-state index in [4.69, 9.17) is 0 Å². The van der Waals surface area contributed by atoms with Gasteiger partial charge in [0, 0.05) is 30.3 Å². The third kappa shape index (κ3) is 2.07. The highest BCUT2D eigenvalue weighted by Crippen LogP contribution is 2.30. The van der Waals surface area contributed by atoms with Crippen molar-refractivity contribution in [2.24, 2.45) is 0 Å². The summed E-state index contributed by atoms with van der Waals surface area (Å²) in [6.07, 6.45) is 9.92. The van der Waals surface area contributed by atoms with Gasteiger partial charge in [0.2, 0.25) is 0 Å². The van der Waals surface area contributed by atoms with E-state index in [1.54, 1.807) is 0 Å². The predicted molar refractivity (Wildman–Crippen MR) is 74.1 cm³/mol. The highest BCUT2D eigenvalue weighted by Gasteiger charge is 2.25. The molecule has 0 aromatic heterocycles. The number of hydrogen-bond donors (Lipinski definition) is 0. The molecular formula is C16H19NO. The van der Waals surface area contributed by atoms with Gasteiger partial charge in [-0.25, -0.2) is 0 Å². The molecule has 0 saturated heterocycles. The lowest BCUT2D eigenvalue weighted by molar-refractivity contribution is 0.0984. The summed E-state index contributed by atoms with van der Waals surface area (Å²) >= 11 is 0. The molecule has 1 heterocycles. The molecule has 1 atom stereocenters. The number of ketones is 1. The number of Topliss-reactive ketones (excluding diaryl/α,β-unsaturated/α-hetero) is 1. The molecule has 1 unspecified atom stereocenters. The minimum Gasteiger partial charge on any atom is -0.364 e. The Hall–Kier alpha value is -1.57. The Balaban J connectivity index is 1.99. The van der Waals surface area contributed by atoms with Crippen molar-refractivity contribution in [1.82, 2.24) is 0 Å². The molecule has 1 aromatic rings. The maximum Gasteiger partial charge on any atom is 0.165 e. The number of para-hydroxylation sites is 1. The van der Waals surface area contributed by atoms with Gasteiger partial charge in [-0.3, -0.25) is 4.79 Å². The molecule has 18 heavy (non-hydrogen) atoms. The monoisotopic (exact) mass is 241 g/mol. The third-order valence-corrected chi connectivity index (χ3v) is 3.95. The fourth-order valence-corrected chi connectivity index (χ4v) is 3.02. The van der Waals surface area contributed by atoms with E-state index in [-0.39, 0.29) is 0 Å². The van der Waals surface area contributed by atoms with Crippen LogP contribution in [0.25, 0.3) is 0 Å². The van der Waals surface area contributed by atoms with Crippen molar-refractivity contribution >= 4 is 11.5 Å². The molecule has 2 heteroatoms. The first-order valence-corrected chi connectivity index (χ1v) is 6.92. The van der Waals surface area contributed by atoms with E-state index in [0.717, 1.165) is 24.2 Å². The van der Waals surface area contributed by atoms with Gasteiger partial charge >= 0.3 is 0 Å². The molecule has 0 bridgehead atoms. The van der Waals surface area contributed by atoms with E-state index >= 15 is 0 Å². The van der Waals surface area contributed by atoms with Gasteiger partial charge < -0.3 is 4.90 Å². The summed E-state index contributed by atoms with van der Waals surface area (Å²) in [5.74, 6) is 0.299. The lowest BCUT2D eigenvalue weighted by Gasteiger charge is -2.33. The number of benzene rings is 1. The minimum atomic E-state index is 0.299. The highest BCUT2D eigenvalue weighted by atomic mass is 16.1. The first-order chi connectivity index (χ1) is 8.86. The number of anilines is 1. The molecule has 0 amide bonds. The van der Waals surface area contributed by atoms with Crippen LogP contribution in [0.2, 0.25) is 0 Å². The van der Waals surface area contributed by atoms with Gasteiger partial charge in [-0.15, -0.1) is 0 Å². The van der Waals surface area contributed by atoms with Crippen LogP contribution in [0.15, 0.2) is 36.4 Å². The van der Waals surface area contributed by atoms with Crippen LogP contribution in [0.4, 0.5) is 5.69 Å². The van der Waals surface area contributed by atoms with Crippen molar-refractivity contribution in [2.45, 2.75) is 38.1 Å². The minimum absolute atomic E-state index is 0.299. The summed E-state index contributed by atoms with van der Waals surface area (Å²) < 4.78 is 0. The van der Waals surface area contributed by atoms with E-state index in [1.165, 1.54) is 19.3 Å². The molecule has 3 rings (SSSR count). The Labute approximate surface area is 108 Å². The summed E-state index contributed by atoms with van der Waals surface area (Å²) in [6, 6.07) is 8.56. The average molecular weight is 241 g/mol. The van der Waals surface area contributed by atoms with E-state index in [9.17, 15) is 4.79 Å². The van der Waals surface area contributed by atoms with Gasteiger partial charge in [0.25, 0.3) is 0 Å². The third-order valence-electron chi connectivity index (χ3n) is 3.95. The number of fused-ring (bicyclic) bond motifs is 1. The highest BCUT2D eigenvalue weighted by molar-refractivity contribution is 6.02. The largest absolute Gasteiger partial charge is 0.364 e. The van der Waals surface area contributed by atoms with Gasteiger partial charge in [0.1, 0.15) is 0 Å². The SMILES string of the molecule is O=C1CCCN(C2C=CCCC2)c2ccccc21. The molecular weight excluding hydrogens is 222 g/mol. The molecule has 0 N–H and O–H groups in total. The quantitative estimate of drug-likeness (QED) is 0.700. The summed E-state index contributed by atoms with van der Waals surface area (Å²) in [5, 5.41) is 0. The molecule has 2 aliphatic rings. The van der Waals surface area contributed by atoms with Crippen LogP contribution >= 0.6 is 0 Å². The molecule has 1 aliphatic carbocycles. The van der Waals surface area contributed by atoms with Crippen LogP contribution in [0.3, 0.4) is 0 Å². The fraction of sp³-hybridized carbons (Fsp3) is 0.438. The van der Waals surface area contributed by atoms with E-state index < -0.39 is 0 Å². The van der Waals surface area contributed by atoms with Crippen molar-refractivity contribution in [2.75, 3.05) is 11.4 Å². The van der Waals surface area contributed by atoms with Crippen molar-refractivity contribution in [3.63, 3.8) is 0 Å². The number of nitrogens with zero attached hydrogens (tertiary/aromatic N) is 1. The fourth-order valence-electron chi connectivity index (χ4n) is 3.02. The van der Waals surface area contributed by atoms with Crippen LogP contribution in [0.1, 0.15) is 42.5 Å². The number of carbonyl (C=O) groups is 1. The molecule has 1 aliphatic heterocycles. The van der Waals surface area contributed by atoms with Crippen molar-refractivity contribution in [1.29, 1.82) is 0 Å². The van der Waals surface area contributed by atoms with E-state index in [2.05, 4.69) is 23.1 Å². The number of carbonyl (C=O) groups excluding carboxylic acids is 1. The smallest absolute Gasteiger partial charge is 0.165 e. The van der Waals surface area contributed by atoms with Gasteiger partial charge in [-0.2, -0.15) is 0 Å². The lowest BCUT2D eigenvalue weighted by Crippen LogP contribution is -2.35. The Bertz CT molecular complexity index is 478. The Morgan fingerprint density at radius 2 is 2.06 bits per heavy atom. The Morgan fingerprint density at radius 3 is 2.89 bits per heavy atom. The van der Waals surface area contributed by atoms with Crippen LogP contribution in [-0.2, 0) is 0 Å². The lowest BCUT2D eigenvalue weighted by atomic mass is 10.00. The second-order valence-electron chi connectivity index (χ2n) is 5.16. The zero-order valence-electron chi connectivity index (χ0n) is 10.6. The van der Waals surface area contributed by atoms with Crippen molar-refractivity contribution in [3.05, 3.63) is 42.0 Å². The van der Waals surface area contributed by atoms with Gasteiger partial charge in [-0.05, 0) is 37.8 Å². The first kappa shape index (κ1) is 11.5. The average Bonchev–Trinajstić information content (AvgIpc) is 2.60. The zero-order chi connectivity index (χ0) is 12.4. The van der Waals surface area contributed by atoms with Crippen molar-refractivity contribution < 1.29 is 4.79 Å². The van der Waals surface area contributed by atoms with E-state index in [1.807, 2.05) is 18.2 Å². The summed E-state index contributed by atoms with van der Waals surface area (Å²) in [6.45, 7) is 0.998. The standard InChI is InChI=1S/C16H19NO/c18-16-11-6-12-17(13-7-2-1-3-8-13)15-10-5-4-9-14(15)16/h2,4-5,7,9-10,13H,1,3,6,8,11-12H2. The van der Waals surface area contributed by atoms with Crippen LogP contribution in [0, 0.1) is 0 Å². The molecule has 0 fully saturated rings. The second kappa shape index (κ2) is 4.97. The molecule has 0 radical (unpaired) electrons. The van der Waals surface area contributed by atoms with Crippen LogP contribution in [0.5, 0.6) is 0 Å². The second-order valence-corrected chi connectivity index (χ2v) is 5.16. The van der Waals surface area contributed by atoms with E-state index in [0.29, 0.717) is 18.2 Å². The predicted octanol–water partition coefficient (Wildman–Crippen LogP) is 3.58. The van der Waals surface area contributed by atoms with Crippen LogP contribution < -0.4 is 4.90 Å². The van der Waals surface area contributed by atoms with Gasteiger partial charge in [0.05, 0.1) is 0 Å². The maximum atomic E-state index is 12.1. The topological polar surface area (TPSA) is 20.3 Å². The van der Waals surface area contributed by atoms with Gasteiger partial charge in [0.15, 0.2) is 5.78 Å². The number of hydrogen-bond acceptors (Lipinski definition) is 2. The molecule has 2 nitrogen and oxygen atoms in total. The normalized spacial score (nSPS) is 23.7. The maximum absolute atomic E-state index is 12.1. The van der Waals surface area contributed by atoms with Gasteiger partial charge in [-0.1, -0.05) is 24.3 Å². The molecule has 1 aromatic carbocycles. The molecule has 94 valence electrons. The zero-order valence-corrected chi connectivity index (χ0v) is 10.6. The summed E-state index contributed by atoms with van der Waals surface area (Å²) in [4.78, 5) is 14.5. The Morgan fingerprint density at radius 1 is 1.17 bits per heavy atom. The molecule has 0 saturated carbocycles. The first-order valence-electron chi connectivity index (χ1n) is 6.92. The number of rotatable bonds is 1. The summed E-state index contributed by atoms with van der Waals surface area (Å²) in [7, 11) is 0. The summed E-state index contributed by atoms with van der Waals surface area (Å²) in [5.41, 5.74) is 2.05. The van der Waals surface area contributed by atoms with Crippen LogP contribution in [-0.4, -0.2) is 18.4 Å².